The molecule has 2 N–H and O–H groups in total. The Morgan fingerprint density at radius 2 is 1.61 bits per heavy atom. The summed E-state index contributed by atoms with van der Waals surface area (Å²) in [6.07, 6.45) is 3.77. The minimum atomic E-state index is 0.494. The van der Waals surface area contributed by atoms with Crippen LogP contribution in [-0.4, -0.2) is 9.97 Å². The Kier molecular flexibility index (Phi) is 3.39. The van der Waals surface area contributed by atoms with Crippen LogP contribution in [0.15, 0.2) is 66.9 Å². The largest absolute Gasteiger partial charge is 0.382 e. The Hall–Kier alpha value is -2.94. The molecule has 0 fully saturated rings. The quantitative estimate of drug-likeness (QED) is 0.578. The van der Waals surface area contributed by atoms with Crippen molar-refractivity contribution in [3.8, 4) is 0 Å². The average Bonchev–Trinajstić information content (AvgIpc) is 2.61. The Balaban J connectivity index is 1.72. The van der Waals surface area contributed by atoms with Gasteiger partial charge in [0.1, 0.15) is 5.52 Å². The van der Waals surface area contributed by atoms with Gasteiger partial charge < -0.3 is 5.73 Å². The van der Waals surface area contributed by atoms with E-state index in [9.17, 15) is 0 Å². The predicted molar refractivity (Wildman–Crippen MR) is 95.3 cm³/mol. The van der Waals surface area contributed by atoms with Crippen molar-refractivity contribution in [1.29, 1.82) is 0 Å². The van der Waals surface area contributed by atoms with Crippen molar-refractivity contribution in [2.75, 3.05) is 5.73 Å². The van der Waals surface area contributed by atoms with E-state index in [1.54, 1.807) is 6.20 Å². The van der Waals surface area contributed by atoms with Crippen molar-refractivity contribution in [3.05, 3.63) is 78.0 Å². The summed E-state index contributed by atoms with van der Waals surface area (Å²) in [5.41, 5.74) is 10.4. The zero-order chi connectivity index (χ0) is 15.6. The summed E-state index contributed by atoms with van der Waals surface area (Å²) < 4.78 is 0. The maximum Gasteiger partial charge on any atom is 0.150 e. The molecule has 4 rings (SSSR count). The number of nitrogens with two attached hydrogens (primary N) is 1. The maximum absolute atomic E-state index is 6.06. The monoisotopic (exact) mass is 299 g/mol. The molecule has 0 aliphatic heterocycles. The van der Waals surface area contributed by atoms with E-state index < -0.39 is 0 Å². The van der Waals surface area contributed by atoms with Crippen molar-refractivity contribution >= 4 is 27.6 Å². The van der Waals surface area contributed by atoms with Crippen LogP contribution < -0.4 is 5.73 Å². The summed E-state index contributed by atoms with van der Waals surface area (Å²) in [5.74, 6) is 0.494. The highest BCUT2D eigenvalue weighted by molar-refractivity contribution is 6.07. The van der Waals surface area contributed by atoms with Crippen LogP contribution >= 0.6 is 0 Å². The predicted octanol–water partition coefficient (Wildman–Crippen LogP) is 4.15. The van der Waals surface area contributed by atoms with Crippen LogP contribution in [0.2, 0.25) is 0 Å². The molecule has 0 aliphatic rings. The lowest BCUT2D eigenvalue weighted by atomic mass is 10.0. The first-order chi connectivity index (χ1) is 11.3. The van der Waals surface area contributed by atoms with Gasteiger partial charge in [-0.15, -0.1) is 0 Å². The fourth-order valence-electron chi connectivity index (χ4n) is 3.00. The van der Waals surface area contributed by atoms with E-state index in [0.717, 1.165) is 34.6 Å². The fraction of sp³-hybridized carbons (Fsp3) is 0.100. The molecule has 0 bridgehead atoms. The third-order valence-corrected chi connectivity index (χ3v) is 4.19. The molecule has 0 atom stereocenters. The standard InChI is InChI=1S/C20H17N3/c21-20-19-17(7-4-12-22-19)16-11-10-15(13-18(16)23-20)9-8-14-5-2-1-3-6-14/h1-7,10-13H,8-9H2,(H2,21,23). The minimum Gasteiger partial charge on any atom is -0.382 e. The van der Waals surface area contributed by atoms with E-state index in [1.165, 1.54) is 11.1 Å². The van der Waals surface area contributed by atoms with Gasteiger partial charge in [-0.3, -0.25) is 4.98 Å². The van der Waals surface area contributed by atoms with E-state index >= 15 is 0 Å². The third kappa shape index (κ3) is 2.61. The number of nitrogens with zero attached hydrogens (tertiary/aromatic N) is 2. The molecule has 0 unspecified atom stereocenters. The topological polar surface area (TPSA) is 51.8 Å². The molecule has 112 valence electrons. The summed E-state index contributed by atoms with van der Waals surface area (Å²) in [6, 6.07) is 21.0. The molecule has 0 aliphatic carbocycles. The van der Waals surface area contributed by atoms with Gasteiger partial charge in [-0.2, -0.15) is 0 Å². The van der Waals surface area contributed by atoms with Crippen LogP contribution in [0.3, 0.4) is 0 Å². The number of benzene rings is 2. The van der Waals surface area contributed by atoms with Crippen LogP contribution in [0.5, 0.6) is 0 Å². The molecule has 2 aromatic carbocycles. The number of nitrogen functional groups attached to an aromatic ring is 1. The second-order valence-electron chi connectivity index (χ2n) is 5.73. The number of anilines is 1. The molecular formula is C20H17N3. The van der Waals surface area contributed by atoms with Crippen molar-refractivity contribution in [2.24, 2.45) is 0 Å². The molecule has 0 spiro atoms. The van der Waals surface area contributed by atoms with Crippen LogP contribution in [0.4, 0.5) is 5.82 Å². The number of aromatic nitrogens is 2. The van der Waals surface area contributed by atoms with Crippen LogP contribution in [0.25, 0.3) is 21.8 Å². The van der Waals surface area contributed by atoms with E-state index in [1.807, 2.05) is 18.2 Å². The number of rotatable bonds is 3. The zero-order valence-electron chi connectivity index (χ0n) is 12.7. The van der Waals surface area contributed by atoms with Crippen molar-refractivity contribution in [3.63, 3.8) is 0 Å². The molecule has 4 aromatic rings. The molecule has 3 heteroatoms. The van der Waals surface area contributed by atoms with Gasteiger partial charge in [0, 0.05) is 17.0 Å². The minimum absolute atomic E-state index is 0.494. The zero-order valence-corrected chi connectivity index (χ0v) is 12.7. The Bertz CT molecular complexity index is 978. The second-order valence-corrected chi connectivity index (χ2v) is 5.73. The lowest BCUT2D eigenvalue weighted by molar-refractivity contribution is 0.962. The number of hydrogen-bond donors (Lipinski definition) is 1. The Morgan fingerprint density at radius 1 is 0.783 bits per heavy atom. The van der Waals surface area contributed by atoms with Crippen LogP contribution in [0.1, 0.15) is 11.1 Å². The van der Waals surface area contributed by atoms with E-state index in [0.29, 0.717) is 5.82 Å². The highest BCUT2D eigenvalue weighted by atomic mass is 14.9. The molecule has 3 nitrogen and oxygen atoms in total. The van der Waals surface area contributed by atoms with Crippen molar-refractivity contribution < 1.29 is 0 Å². The Labute approximate surface area is 134 Å². The van der Waals surface area contributed by atoms with E-state index in [-0.39, 0.29) is 0 Å². The summed E-state index contributed by atoms with van der Waals surface area (Å²) in [5, 5.41) is 2.16. The number of hydrogen-bond acceptors (Lipinski definition) is 3. The van der Waals surface area contributed by atoms with Gasteiger partial charge in [-0.1, -0.05) is 48.5 Å². The lowest BCUT2D eigenvalue weighted by Crippen LogP contribution is -1.96. The molecule has 2 heterocycles. The molecule has 0 amide bonds. The van der Waals surface area contributed by atoms with Gasteiger partial charge in [-0.05, 0) is 36.1 Å². The average molecular weight is 299 g/mol. The summed E-state index contributed by atoms with van der Waals surface area (Å²) in [6.45, 7) is 0. The van der Waals surface area contributed by atoms with Crippen molar-refractivity contribution in [2.45, 2.75) is 12.8 Å². The second kappa shape index (κ2) is 5.69. The molecule has 23 heavy (non-hydrogen) atoms. The third-order valence-electron chi connectivity index (χ3n) is 4.19. The van der Waals surface area contributed by atoms with Crippen LogP contribution in [0, 0.1) is 0 Å². The van der Waals surface area contributed by atoms with Gasteiger partial charge >= 0.3 is 0 Å². The van der Waals surface area contributed by atoms with Gasteiger partial charge in [0.2, 0.25) is 0 Å². The summed E-state index contributed by atoms with van der Waals surface area (Å²) in [7, 11) is 0. The first kappa shape index (κ1) is 13.7. The van der Waals surface area contributed by atoms with E-state index in [4.69, 9.17) is 5.73 Å². The van der Waals surface area contributed by atoms with Crippen LogP contribution in [-0.2, 0) is 12.8 Å². The van der Waals surface area contributed by atoms with Crippen molar-refractivity contribution in [1.82, 2.24) is 9.97 Å². The highest BCUT2D eigenvalue weighted by Crippen LogP contribution is 2.27. The van der Waals surface area contributed by atoms with Gasteiger partial charge in [0.15, 0.2) is 5.82 Å². The fourth-order valence-corrected chi connectivity index (χ4v) is 3.00. The normalized spacial score (nSPS) is 11.1. The Morgan fingerprint density at radius 3 is 2.48 bits per heavy atom. The maximum atomic E-state index is 6.06. The van der Waals surface area contributed by atoms with Gasteiger partial charge in [0.25, 0.3) is 0 Å². The summed E-state index contributed by atoms with van der Waals surface area (Å²) >= 11 is 0. The lowest BCUT2D eigenvalue weighted by Gasteiger charge is -2.08. The number of aryl methyl sites for hydroxylation is 2. The highest BCUT2D eigenvalue weighted by Gasteiger charge is 2.07. The van der Waals surface area contributed by atoms with Gasteiger partial charge in [-0.25, -0.2) is 4.98 Å². The number of fused-ring (bicyclic) bond motifs is 3. The molecule has 0 radical (unpaired) electrons. The molecular weight excluding hydrogens is 282 g/mol. The number of pyridine rings is 2. The first-order valence-corrected chi connectivity index (χ1v) is 7.78. The summed E-state index contributed by atoms with van der Waals surface area (Å²) in [4.78, 5) is 8.88. The molecule has 0 saturated carbocycles. The molecule has 0 saturated heterocycles. The van der Waals surface area contributed by atoms with E-state index in [2.05, 4.69) is 52.4 Å². The SMILES string of the molecule is Nc1nc2cc(CCc3ccccc3)ccc2c2cccnc12. The molecule has 2 aromatic heterocycles. The smallest absolute Gasteiger partial charge is 0.150 e. The first-order valence-electron chi connectivity index (χ1n) is 7.78. The van der Waals surface area contributed by atoms with Gasteiger partial charge in [0.05, 0.1) is 5.52 Å².